The van der Waals surface area contributed by atoms with E-state index < -0.39 is 23.1 Å². The predicted octanol–water partition coefficient (Wildman–Crippen LogP) is 4.64. The molecule has 0 saturated carbocycles. The lowest BCUT2D eigenvalue weighted by Crippen LogP contribution is -2.46. The fourth-order valence-corrected chi connectivity index (χ4v) is 4.52. The zero-order chi connectivity index (χ0) is 24.8. The van der Waals surface area contributed by atoms with Gasteiger partial charge in [0, 0.05) is 11.1 Å². The van der Waals surface area contributed by atoms with Gasteiger partial charge in [-0.1, -0.05) is 6.08 Å². The molecular formula is C26H27FN2O6. The van der Waals surface area contributed by atoms with E-state index in [0.717, 1.165) is 5.57 Å². The van der Waals surface area contributed by atoms with E-state index in [-0.39, 0.29) is 30.5 Å². The number of hydrogen-bond acceptors (Lipinski definition) is 7. The minimum absolute atomic E-state index is 0.00126. The number of ether oxygens (including phenoxy) is 4. The molecule has 35 heavy (non-hydrogen) atoms. The molecule has 0 radical (unpaired) electrons. The first-order valence-corrected chi connectivity index (χ1v) is 11.4. The molecule has 3 aliphatic heterocycles. The highest BCUT2D eigenvalue weighted by Gasteiger charge is 2.46. The number of amidine groups is 1. The number of fused-ring (bicyclic) bond motifs is 4. The summed E-state index contributed by atoms with van der Waals surface area (Å²) in [5, 5.41) is 12.9. The number of phenols is 1. The fraction of sp³-hybridized carbons (Fsp3) is 0.385. The highest BCUT2D eigenvalue weighted by molar-refractivity contribution is 5.97. The average molecular weight is 483 g/mol. The summed E-state index contributed by atoms with van der Waals surface area (Å²) in [5.74, 6) is 0.0686. The van der Waals surface area contributed by atoms with Gasteiger partial charge in [-0.15, -0.1) is 0 Å². The molecule has 1 amide bonds. The molecule has 3 aliphatic rings. The van der Waals surface area contributed by atoms with Crippen LogP contribution in [0.1, 0.15) is 43.9 Å². The third-order valence-corrected chi connectivity index (χ3v) is 5.96. The van der Waals surface area contributed by atoms with Crippen molar-refractivity contribution in [3.8, 4) is 17.2 Å². The lowest BCUT2D eigenvalue weighted by Gasteiger charge is -2.40. The highest BCUT2D eigenvalue weighted by Crippen LogP contribution is 2.52. The third kappa shape index (κ3) is 4.49. The van der Waals surface area contributed by atoms with E-state index >= 15 is 4.39 Å². The van der Waals surface area contributed by atoms with Crippen LogP contribution in [0.2, 0.25) is 0 Å². The Bertz CT molecular complexity index is 1250. The SMILES string of the molecule is CC(C)(C)OC(=O)NC1=NC2(COC1)c1cc(O)ccc1Oc1c(F)cc(C3=CCOCC3)cc12. The Morgan fingerprint density at radius 2 is 2.03 bits per heavy atom. The van der Waals surface area contributed by atoms with E-state index in [1.54, 1.807) is 26.8 Å². The van der Waals surface area contributed by atoms with Crippen LogP contribution in [0.3, 0.4) is 0 Å². The second-order valence-electron chi connectivity index (χ2n) is 9.71. The van der Waals surface area contributed by atoms with Crippen molar-refractivity contribution in [3.05, 3.63) is 58.9 Å². The highest BCUT2D eigenvalue weighted by atomic mass is 19.1. The summed E-state index contributed by atoms with van der Waals surface area (Å²) in [5.41, 5.74) is 0.650. The smallest absolute Gasteiger partial charge is 0.413 e. The van der Waals surface area contributed by atoms with Crippen molar-refractivity contribution in [2.45, 2.75) is 38.3 Å². The molecule has 3 heterocycles. The monoisotopic (exact) mass is 482 g/mol. The number of carbonyl (C=O) groups excluding carboxylic acids is 1. The second kappa shape index (κ2) is 8.66. The number of hydrogen-bond donors (Lipinski definition) is 2. The fourth-order valence-electron chi connectivity index (χ4n) is 4.52. The molecule has 1 spiro atoms. The van der Waals surface area contributed by atoms with Gasteiger partial charge < -0.3 is 24.1 Å². The molecule has 0 fully saturated rings. The number of nitrogens with zero attached hydrogens (tertiary/aromatic N) is 1. The molecule has 1 unspecified atom stereocenters. The van der Waals surface area contributed by atoms with Gasteiger partial charge in [0.15, 0.2) is 11.6 Å². The number of aliphatic imine (C=N–C) groups is 1. The van der Waals surface area contributed by atoms with Gasteiger partial charge in [0.1, 0.15) is 35.1 Å². The van der Waals surface area contributed by atoms with Gasteiger partial charge >= 0.3 is 6.09 Å². The number of phenolic OH excluding ortho intramolecular Hbond substituents is 1. The van der Waals surface area contributed by atoms with Crippen LogP contribution in [0.4, 0.5) is 9.18 Å². The molecule has 2 aromatic carbocycles. The van der Waals surface area contributed by atoms with Crippen LogP contribution in [0.5, 0.6) is 17.2 Å². The van der Waals surface area contributed by atoms with Crippen molar-refractivity contribution in [3.63, 3.8) is 0 Å². The molecular weight excluding hydrogens is 455 g/mol. The van der Waals surface area contributed by atoms with E-state index in [0.29, 0.717) is 42.1 Å². The van der Waals surface area contributed by atoms with Gasteiger partial charge in [-0.05, 0) is 68.7 Å². The molecule has 8 nitrogen and oxygen atoms in total. The van der Waals surface area contributed by atoms with Gasteiger partial charge in [0.25, 0.3) is 0 Å². The van der Waals surface area contributed by atoms with E-state index in [1.807, 2.05) is 12.1 Å². The Balaban J connectivity index is 1.66. The first kappa shape index (κ1) is 23.3. The number of rotatable bonds is 1. The summed E-state index contributed by atoms with van der Waals surface area (Å²) in [6.45, 7) is 6.38. The normalized spacial score (nSPS) is 21.3. The summed E-state index contributed by atoms with van der Waals surface area (Å²) in [6.07, 6.45) is 1.90. The molecule has 184 valence electrons. The Kier molecular flexibility index (Phi) is 5.77. The van der Waals surface area contributed by atoms with E-state index in [4.69, 9.17) is 23.9 Å². The van der Waals surface area contributed by atoms with Crippen molar-refractivity contribution in [1.29, 1.82) is 0 Å². The van der Waals surface area contributed by atoms with Crippen LogP contribution in [0, 0.1) is 5.82 Å². The maximum absolute atomic E-state index is 15.5. The van der Waals surface area contributed by atoms with Crippen LogP contribution in [-0.2, 0) is 19.7 Å². The van der Waals surface area contributed by atoms with Crippen LogP contribution in [-0.4, -0.2) is 49.1 Å². The molecule has 0 aromatic heterocycles. The lowest BCUT2D eigenvalue weighted by atomic mass is 9.79. The molecule has 9 heteroatoms. The Morgan fingerprint density at radius 3 is 2.77 bits per heavy atom. The summed E-state index contributed by atoms with van der Waals surface area (Å²) >= 11 is 0. The van der Waals surface area contributed by atoms with Crippen molar-refractivity contribution in [1.82, 2.24) is 5.32 Å². The summed E-state index contributed by atoms with van der Waals surface area (Å²) in [7, 11) is 0. The molecule has 0 bridgehead atoms. The first-order valence-electron chi connectivity index (χ1n) is 11.4. The quantitative estimate of drug-likeness (QED) is 0.615. The van der Waals surface area contributed by atoms with E-state index in [2.05, 4.69) is 5.32 Å². The Morgan fingerprint density at radius 1 is 1.20 bits per heavy atom. The molecule has 0 saturated heterocycles. The number of aromatic hydroxyl groups is 1. The first-order chi connectivity index (χ1) is 16.6. The summed E-state index contributed by atoms with van der Waals surface area (Å²) in [4.78, 5) is 17.3. The summed E-state index contributed by atoms with van der Waals surface area (Å²) in [6, 6.07) is 7.84. The Labute approximate surface area is 202 Å². The van der Waals surface area contributed by atoms with E-state index in [9.17, 15) is 9.90 Å². The van der Waals surface area contributed by atoms with Crippen molar-refractivity contribution < 1.29 is 33.2 Å². The van der Waals surface area contributed by atoms with Gasteiger partial charge in [0.05, 0.1) is 19.8 Å². The predicted molar refractivity (Wildman–Crippen MR) is 126 cm³/mol. The zero-order valence-corrected chi connectivity index (χ0v) is 19.8. The number of carbonyl (C=O) groups is 1. The van der Waals surface area contributed by atoms with Crippen molar-refractivity contribution >= 4 is 17.5 Å². The van der Waals surface area contributed by atoms with Gasteiger partial charge in [-0.3, -0.25) is 10.3 Å². The topological polar surface area (TPSA) is 98.6 Å². The maximum Gasteiger partial charge on any atom is 0.413 e. The van der Waals surface area contributed by atoms with Crippen molar-refractivity contribution in [2.75, 3.05) is 26.4 Å². The summed E-state index contributed by atoms with van der Waals surface area (Å²) < 4.78 is 38.1. The Hall–Kier alpha value is -3.43. The number of amides is 1. The number of halogens is 1. The lowest BCUT2D eigenvalue weighted by molar-refractivity contribution is 0.0545. The third-order valence-electron chi connectivity index (χ3n) is 5.96. The number of nitrogens with one attached hydrogen (secondary N) is 1. The van der Waals surface area contributed by atoms with E-state index in [1.165, 1.54) is 18.2 Å². The molecule has 5 rings (SSSR count). The number of benzene rings is 2. The van der Waals surface area contributed by atoms with Crippen LogP contribution >= 0.6 is 0 Å². The minimum Gasteiger partial charge on any atom is -0.508 e. The molecule has 0 aliphatic carbocycles. The maximum atomic E-state index is 15.5. The van der Waals surface area contributed by atoms with Crippen LogP contribution in [0.15, 0.2) is 41.4 Å². The largest absolute Gasteiger partial charge is 0.508 e. The minimum atomic E-state index is -1.26. The molecule has 2 N–H and O–H groups in total. The zero-order valence-electron chi connectivity index (χ0n) is 19.8. The van der Waals surface area contributed by atoms with Crippen LogP contribution < -0.4 is 10.1 Å². The average Bonchev–Trinajstić information content (AvgIpc) is 2.80. The standard InChI is InChI=1S/C26H27FN2O6/c1-25(2,3)35-24(31)28-22-13-33-14-26(29-22)18-12-17(30)4-5-21(18)34-23-19(26)10-16(11-20(23)27)15-6-8-32-9-7-15/h4-6,10-12,30H,7-9,13-14H2,1-3H3,(H,28,29,31). The van der Waals surface area contributed by atoms with Gasteiger partial charge in [-0.2, -0.15) is 0 Å². The van der Waals surface area contributed by atoms with Crippen molar-refractivity contribution in [2.24, 2.45) is 4.99 Å². The van der Waals surface area contributed by atoms with Gasteiger partial charge in [0.2, 0.25) is 0 Å². The molecule has 1 atom stereocenters. The van der Waals surface area contributed by atoms with Gasteiger partial charge in [-0.25, -0.2) is 9.18 Å². The second-order valence-corrected chi connectivity index (χ2v) is 9.71. The van der Waals surface area contributed by atoms with Crippen LogP contribution in [0.25, 0.3) is 5.57 Å². The molecule has 2 aromatic rings. The number of alkyl carbamates (subject to hydrolysis) is 1.